The first kappa shape index (κ1) is 11.3. The molecule has 0 spiro atoms. The quantitative estimate of drug-likeness (QED) is 0.856. The first-order chi connectivity index (χ1) is 7.68. The van der Waals surface area contributed by atoms with Gasteiger partial charge in [0.1, 0.15) is 4.60 Å². The van der Waals surface area contributed by atoms with E-state index in [-0.39, 0.29) is 6.04 Å². The van der Waals surface area contributed by atoms with Gasteiger partial charge in [0.2, 0.25) is 0 Å². The van der Waals surface area contributed by atoms with E-state index >= 15 is 0 Å². The lowest BCUT2D eigenvalue weighted by molar-refractivity contribution is 0.846. The van der Waals surface area contributed by atoms with Gasteiger partial charge in [-0.25, -0.2) is 4.98 Å². The Balaban J connectivity index is 2.38. The van der Waals surface area contributed by atoms with Crippen molar-refractivity contribution in [2.24, 2.45) is 5.73 Å². The van der Waals surface area contributed by atoms with Crippen molar-refractivity contribution in [3.05, 3.63) is 63.9 Å². The number of halogens is 1. The second-order valence-electron chi connectivity index (χ2n) is 3.70. The highest BCUT2D eigenvalue weighted by Crippen LogP contribution is 2.22. The predicted octanol–water partition coefficient (Wildman–Crippen LogP) is 3.20. The number of aromatic nitrogens is 1. The number of benzene rings is 1. The molecule has 0 radical (unpaired) electrons. The Morgan fingerprint density at radius 3 is 2.44 bits per heavy atom. The summed E-state index contributed by atoms with van der Waals surface area (Å²) in [4.78, 5) is 4.36. The molecule has 0 fully saturated rings. The van der Waals surface area contributed by atoms with Crippen molar-refractivity contribution in [2.75, 3.05) is 0 Å². The fraction of sp³-hybridized carbons (Fsp3) is 0.154. The molecular formula is C13H13BrN2. The van der Waals surface area contributed by atoms with Crippen LogP contribution in [0.4, 0.5) is 0 Å². The van der Waals surface area contributed by atoms with Crippen LogP contribution in [0.2, 0.25) is 0 Å². The second kappa shape index (κ2) is 4.76. The number of hydrogen-bond donors (Lipinski definition) is 1. The summed E-state index contributed by atoms with van der Waals surface area (Å²) in [6.07, 6.45) is 0. The van der Waals surface area contributed by atoms with Crippen LogP contribution in [0.5, 0.6) is 0 Å². The fourth-order valence-electron chi connectivity index (χ4n) is 1.71. The lowest BCUT2D eigenvalue weighted by Gasteiger charge is -2.14. The largest absolute Gasteiger partial charge is 0.320 e. The number of pyridine rings is 1. The standard InChI is InChI=1S/C13H13BrN2/c1-9-11(7-8-12(14)16-9)13(15)10-5-3-2-4-6-10/h2-8,13H,15H2,1H3/t13-/m0/s1. The van der Waals surface area contributed by atoms with Crippen LogP contribution < -0.4 is 5.73 Å². The Morgan fingerprint density at radius 2 is 1.81 bits per heavy atom. The highest BCUT2D eigenvalue weighted by atomic mass is 79.9. The minimum Gasteiger partial charge on any atom is -0.320 e. The van der Waals surface area contributed by atoms with Gasteiger partial charge in [0.05, 0.1) is 6.04 Å². The maximum Gasteiger partial charge on any atom is 0.106 e. The normalized spacial score (nSPS) is 12.4. The van der Waals surface area contributed by atoms with E-state index in [0.29, 0.717) is 0 Å². The van der Waals surface area contributed by atoms with E-state index in [9.17, 15) is 0 Å². The number of nitrogens with two attached hydrogens (primary N) is 1. The molecular weight excluding hydrogens is 264 g/mol. The Kier molecular flexibility index (Phi) is 3.36. The van der Waals surface area contributed by atoms with Crippen LogP contribution in [0, 0.1) is 6.92 Å². The third-order valence-corrected chi connectivity index (χ3v) is 3.03. The number of aryl methyl sites for hydroxylation is 1. The Hall–Kier alpha value is -1.19. The van der Waals surface area contributed by atoms with Crippen molar-refractivity contribution < 1.29 is 0 Å². The second-order valence-corrected chi connectivity index (χ2v) is 4.51. The fourth-order valence-corrected chi connectivity index (χ4v) is 2.11. The number of hydrogen-bond acceptors (Lipinski definition) is 2. The summed E-state index contributed by atoms with van der Waals surface area (Å²) in [5.74, 6) is 0. The summed E-state index contributed by atoms with van der Waals surface area (Å²) < 4.78 is 0.842. The first-order valence-electron chi connectivity index (χ1n) is 5.12. The maximum atomic E-state index is 6.21. The molecule has 2 nitrogen and oxygen atoms in total. The summed E-state index contributed by atoms with van der Waals surface area (Å²) in [5.41, 5.74) is 9.35. The molecule has 0 saturated heterocycles. The van der Waals surface area contributed by atoms with E-state index < -0.39 is 0 Å². The highest BCUT2D eigenvalue weighted by molar-refractivity contribution is 9.10. The third-order valence-electron chi connectivity index (χ3n) is 2.59. The zero-order chi connectivity index (χ0) is 11.5. The average molecular weight is 277 g/mol. The Morgan fingerprint density at radius 1 is 1.12 bits per heavy atom. The molecule has 82 valence electrons. The molecule has 0 unspecified atom stereocenters. The third kappa shape index (κ3) is 2.31. The van der Waals surface area contributed by atoms with Crippen molar-refractivity contribution in [2.45, 2.75) is 13.0 Å². The zero-order valence-electron chi connectivity index (χ0n) is 9.02. The molecule has 3 heteroatoms. The summed E-state index contributed by atoms with van der Waals surface area (Å²) in [6.45, 7) is 1.98. The van der Waals surface area contributed by atoms with E-state index in [1.807, 2.05) is 49.4 Å². The van der Waals surface area contributed by atoms with Crippen molar-refractivity contribution >= 4 is 15.9 Å². The number of rotatable bonds is 2. The Bertz CT molecular complexity index is 483. The van der Waals surface area contributed by atoms with Gasteiger partial charge >= 0.3 is 0 Å². The number of nitrogens with zero attached hydrogens (tertiary/aromatic N) is 1. The molecule has 0 aliphatic heterocycles. The average Bonchev–Trinajstić information content (AvgIpc) is 2.29. The smallest absolute Gasteiger partial charge is 0.106 e. The van der Waals surface area contributed by atoms with Gasteiger partial charge in [-0.15, -0.1) is 0 Å². The summed E-state index contributed by atoms with van der Waals surface area (Å²) >= 11 is 3.35. The molecule has 1 aromatic heterocycles. The highest BCUT2D eigenvalue weighted by Gasteiger charge is 2.11. The van der Waals surface area contributed by atoms with E-state index in [0.717, 1.165) is 21.4 Å². The van der Waals surface area contributed by atoms with Crippen LogP contribution in [-0.4, -0.2) is 4.98 Å². The molecule has 16 heavy (non-hydrogen) atoms. The van der Waals surface area contributed by atoms with Crippen LogP contribution in [0.1, 0.15) is 22.9 Å². The van der Waals surface area contributed by atoms with Crippen LogP contribution in [0.15, 0.2) is 47.1 Å². The van der Waals surface area contributed by atoms with Gasteiger partial charge in [-0.05, 0) is 40.0 Å². The molecule has 0 aliphatic rings. The van der Waals surface area contributed by atoms with Gasteiger partial charge < -0.3 is 5.73 Å². The van der Waals surface area contributed by atoms with Crippen LogP contribution in [0.3, 0.4) is 0 Å². The predicted molar refractivity (Wildman–Crippen MR) is 69.1 cm³/mol. The lowest BCUT2D eigenvalue weighted by atomic mass is 9.99. The van der Waals surface area contributed by atoms with Crippen LogP contribution >= 0.6 is 15.9 Å². The lowest BCUT2D eigenvalue weighted by Crippen LogP contribution is -2.13. The molecule has 0 aliphatic carbocycles. The minimum absolute atomic E-state index is 0.109. The van der Waals surface area contributed by atoms with Gasteiger partial charge in [0.25, 0.3) is 0 Å². The van der Waals surface area contributed by atoms with Crippen LogP contribution in [0.25, 0.3) is 0 Å². The van der Waals surface area contributed by atoms with Gasteiger partial charge in [-0.2, -0.15) is 0 Å². The van der Waals surface area contributed by atoms with Gasteiger partial charge in [-0.3, -0.25) is 0 Å². The summed E-state index contributed by atoms with van der Waals surface area (Å²) in [6, 6.07) is 13.9. The molecule has 2 N–H and O–H groups in total. The topological polar surface area (TPSA) is 38.9 Å². The molecule has 1 heterocycles. The first-order valence-corrected chi connectivity index (χ1v) is 5.91. The van der Waals surface area contributed by atoms with E-state index in [1.54, 1.807) is 0 Å². The molecule has 1 aromatic carbocycles. The molecule has 0 saturated carbocycles. The maximum absolute atomic E-state index is 6.21. The summed E-state index contributed by atoms with van der Waals surface area (Å²) in [7, 11) is 0. The SMILES string of the molecule is Cc1nc(Br)ccc1[C@@H](N)c1ccccc1. The summed E-state index contributed by atoms with van der Waals surface area (Å²) in [5, 5.41) is 0. The molecule has 1 atom stereocenters. The van der Waals surface area contributed by atoms with E-state index in [2.05, 4.69) is 20.9 Å². The van der Waals surface area contributed by atoms with Crippen molar-refractivity contribution in [3.8, 4) is 0 Å². The van der Waals surface area contributed by atoms with Crippen molar-refractivity contribution in [3.63, 3.8) is 0 Å². The van der Waals surface area contributed by atoms with Gasteiger partial charge in [0, 0.05) is 5.69 Å². The Labute approximate surface area is 104 Å². The van der Waals surface area contributed by atoms with Gasteiger partial charge in [0.15, 0.2) is 0 Å². The van der Waals surface area contributed by atoms with Crippen molar-refractivity contribution in [1.29, 1.82) is 0 Å². The molecule has 0 amide bonds. The van der Waals surface area contributed by atoms with E-state index in [1.165, 1.54) is 0 Å². The van der Waals surface area contributed by atoms with Crippen molar-refractivity contribution in [1.82, 2.24) is 4.98 Å². The molecule has 2 rings (SSSR count). The van der Waals surface area contributed by atoms with Crippen LogP contribution in [-0.2, 0) is 0 Å². The van der Waals surface area contributed by atoms with E-state index in [4.69, 9.17) is 5.73 Å². The zero-order valence-corrected chi connectivity index (χ0v) is 10.6. The molecule has 2 aromatic rings. The minimum atomic E-state index is -0.109. The molecule has 0 bridgehead atoms. The van der Waals surface area contributed by atoms with Gasteiger partial charge in [-0.1, -0.05) is 36.4 Å². The monoisotopic (exact) mass is 276 g/mol.